The molecule has 2 rings (SSSR count). The molecule has 0 atom stereocenters. The Morgan fingerprint density at radius 1 is 1.07 bits per heavy atom. The lowest BCUT2D eigenvalue weighted by Crippen LogP contribution is -2.10. The first-order chi connectivity index (χ1) is 13.6. The fourth-order valence-electron chi connectivity index (χ4n) is 2.44. The first-order valence-electron chi connectivity index (χ1n) is 9.05. The van der Waals surface area contributed by atoms with Gasteiger partial charge in [0.2, 0.25) is 5.91 Å². The summed E-state index contributed by atoms with van der Waals surface area (Å²) < 4.78 is 15.7. The molecule has 0 aliphatic carbocycles. The highest BCUT2D eigenvalue weighted by atomic mass is 16.5. The van der Waals surface area contributed by atoms with Crippen LogP contribution in [0, 0.1) is 0 Å². The molecule has 0 saturated heterocycles. The Kier molecular flexibility index (Phi) is 8.09. The molecule has 2 aromatic rings. The zero-order valence-corrected chi connectivity index (χ0v) is 16.4. The van der Waals surface area contributed by atoms with Crippen LogP contribution >= 0.6 is 0 Å². The quantitative estimate of drug-likeness (QED) is 0.397. The molecule has 0 unspecified atom stereocenters. The van der Waals surface area contributed by atoms with E-state index in [-0.39, 0.29) is 5.91 Å². The predicted octanol–water partition coefficient (Wildman–Crippen LogP) is 4.31. The number of anilines is 1. The summed E-state index contributed by atoms with van der Waals surface area (Å²) in [6.45, 7) is 2.41. The minimum Gasteiger partial charge on any atom is -0.497 e. The molecular formula is C22H25NO5. The number of amides is 1. The first-order valence-corrected chi connectivity index (χ1v) is 9.05. The average molecular weight is 383 g/mol. The van der Waals surface area contributed by atoms with E-state index in [4.69, 9.17) is 14.2 Å². The van der Waals surface area contributed by atoms with Gasteiger partial charge in [-0.1, -0.05) is 19.4 Å². The Morgan fingerprint density at radius 3 is 2.61 bits per heavy atom. The second kappa shape index (κ2) is 10.8. The average Bonchev–Trinajstić information content (AvgIpc) is 2.72. The molecule has 0 aliphatic heterocycles. The predicted molar refractivity (Wildman–Crippen MR) is 109 cm³/mol. The largest absolute Gasteiger partial charge is 0.497 e. The maximum Gasteiger partial charge on any atom is 0.338 e. The van der Waals surface area contributed by atoms with Gasteiger partial charge in [-0.3, -0.25) is 4.79 Å². The third-order valence-corrected chi connectivity index (χ3v) is 3.95. The van der Waals surface area contributed by atoms with Crippen LogP contribution in [-0.2, 0) is 9.53 Å². The number of benzene rings is 2. The van der Waals surface area contributed by atoms with E-state index in [2.05, 4.69) is 5.32 Å². The van der Waals surface area contributed by atoms with E-state index in [9.17, 15) is 9.59 Å². The van der Waals surface area contributed by atoms with Gasteiger partial charge in [-0.15, -0.1) is 0 Å². The zero-order valence-electron chi connectivity index (χ0n) is 16.4. The molecule has 28 heavy (non-hydrogen) atoms. The van der Waals surface area contributed by atoms with Crippen LogP contribution in [0.2, 0.25) is 0 Å². The summed E-state index contributed by atoms with van der Waals surface area (Å²) in [4.78, 5) is 24.3. The van der Waals surface area contributed by atoms with Crippen LogP contribution in [0.1, 0.15) is 35.7 Å². The van der Waals surface area contributed by atoms with Crippen LogP contribution in [0.3, 0.4) is 0 Å². The van der Waals surface area contributed by atoms with Gasteiger partial charge in [-0.05, 0) is 48.9 Å². The summed E-state index contributed by atoms with van der Waals surface area (Å²) in [7, 11) is 3.13. The Labute approximate surface area is 165 Å². The number of carbonyl (C=O) groups is 2. The lowest BCUT2D eigenvalue weighted by molar-refractivity contribution is -0.111. The number of hydrogen-bond acceptors (Lipinski definition) is 5. The summed E-state index contributed by atoms with van der Waals surface area (Å²) in [5, 5.41) is 2.74. The Morgan fingerprint density at radius 2 is 1.89 bits per heavy atom. The summed E-state index contributed by atoms with van der Waals surface area (Å²) in [5.74, 6) is 0.555. The third-order valence-electron chi connectivity index (χ3n) is 3.95. The Balaban J connectivity index is 2.04. The molecule has 0 fully saturated rings. The van der Waals surface area contributed by atoms with E-state index >= 15 is 0 Å². The number of ether oxygens (including phenoxy) is 3. The highest BCUT2D eigenvalue weighted by molar-refractivity contribution is 6.02. The van der Waals surface area contributed by atoms with Crippen LogP contribution in [0.15, 0.2) is 48.5 Å². The van der Waals surface area contributed by atoms with Gasteiger partial charge in [0.05, 0.1) is 26.4 Å². The highest BCUT2D eigenvalue weighted by Crippen LogP contribution is 2.25. The molecule has 0 saturated carbocycles. The monoisotopic (exact) mass is 383 g/mol. The SMILES string of the molecule is CCCCOC(=O)c1cccc(NC(=O)/C=C/c2cc(OC)ccc2OC)c1. The first kappa shape index (κ1) is 21.0. The highest BCUT2D eigenvalue weighted by Gasteiger charge is 2.09. The topological polar surface area (TPSA) is 73.9 Å². The van der Waals surface area contributed by atoms with Gasteiger partial charge in [0.15, 0.2) is 0 Å². The van der Waals surface area contributed by atoms with Gasteiger partial charge < -0.3 is 19.5 Å². The minimum absolute atomic E-state index is 0.332. The van der Waals surface area contributed by atoms with Gasteiger partial charge >= 0.3 is 5.97 Å². The fraction of sp³-hybridized carbons (Fsp3) is 0.273. The molecule has 0 bridgehead atoms. The van der Waals surface area contributed by atoms with Gasteiger partial charge in [0.25, 0.3) is 0 Å². The van der Waals surface area contributed by atoms with Crippen molar-refractivity contribution in [1.29, 1.82) is 0 Å². The van der Waals surface area contributed by atoms with Crippen molar-refractivity contribution in [3.8, 4) is 11.5 Å². The molecule has 148 valence electrons. The molecule has 1 N–H and O–H groups in total. The maximum atomic E-state index is 12.2. The van der Waals surface area contributed by atoms with Crippen molar-refractivity contribution in [2.45, 2.75) is 19.8 Å². The molecule has 6 heteroatoms. The molecule has 1 amide bonds. The van der Waals surface area contributed by atoms with Crippen LogP contribution in [-0.4, -0.2) is 32.7 Å². The number of unbranched alkanes of at least 4 members (excludes halogenated alkanes) is 1. The Hall–Kier alpha value is -3.28. The summed E-state index contributed by atoms with van der Waals surface area (Å²) in [6.07, 6.45) is 4.80. The summed E-state index contributed by atoms with van der Waals surface area (Å²) in [6, 6.07) is 12.0. The molecule has 0 radical (unpaired) electrons. The Bertz CT molecular complexity index is 845. The van der Waals surface area contributed by atoms with Gasteiger partial charge in [0.1, 0.15) is 11.5 Å². The molecular weight excluding hydrogens is 358 g/mol. The molecule has 0 heterocycles. The minimum atomic E-state index is -0.402. The van der Waals surface area contributed by atoms with Crippen LogP contribution < -0.4 is 14.8 Å². The molecule has 0 aromatic heterocycles. The van der Waals surface area contributed by atoms with E-state index in [1.54, 1.807) is 62.8 Å². The number of carbonyl (C=O) groups excluding carboxylic acids is 2. The number of rotatable bonds is 9. The molecule has 0 aliphatic rings. The van der Waals surface area contributed by atoms with E-state index in [0.717, 1.165) is 12.8 Å². The molecule has 2 aromatic carbocycles. The van der Waals surface area contributed by atoms with Gasteiger partial charge in [-0.25, -0.2) is 4.79 Å². The van der Waals surface area contributed by atoms with Crippen molar-refractivity contribution in [3.05, 3.63) is 59.7 Å². The summed E-state index contributed by atoms with van der Waals surface area (Å²) in [5.41, 5.74) is 1.62. The zero-order chi connectivity index (χ0) is 20.4. The normalized spacial score (nSPS) is 10.5. The van der Waals surface area contributed by atoms with Gasteiger partial charge in [0, 0.05) is 17.3 Å². The van der Waals surface area contributed by atoms with Crippen molar-refractivity contribution in [2.24, 2.45) is 0 Å². The number of hydrogen-bond donors (Lipinski definition) is 1. The second-order valence-electron chi connectivity index (χ2n) is 6.00. The summed E-state index contributed by atoms with van der Waals surface area (Å²) >= 11 is 0. The smallest absolute Gasteiger partial charge is 0.338 e. The maximum absolute atomic E-state index is 12.2. The van der Waals surface area contributed by atoms with Crippen molar-refractivity contribution >= 4 is 23.6 Å². The van der Waals surface area contributed by atoms with Crippen LogP contribution in [0.5, 0.6) is 11.5 Å². The molecule has 0 spiro atoms. The van der Waals surface area contributed by atoms with E-state index in [1.165, 1.54) is 6.08 Å². The van der Waals surface area contributed by atoms with Crippen molar-refractivity contribution < 1.29 is 23.8 Å². The van der Waals surface area contributed by atoms with Crippen molar-refractivity contribution in [1.82, 2.24) is 0 Å². The lowest BCUT2D eigenvalue weighted by Gasteiger charge is -2.08. The molecule has 6 nitrogen and oxygen atoms in total. The van der Waals surface area contributed by atoms with Crippen LogP contribution in [0.25, 0.3) is 6.08 Å². The van der Waals surface area contributed by atoms with Crippen molar-refractivity contribution in [3.63, 3.8) is 0 Å². The number of esters is 1. The van der Waals surface area contributed by atoms with E-state index < -0.39 is 5.97 Å². The third kappa shape index (κ3) is 6.16. The lowest BCUT2D eigenvalue weighted by atomic mass is 10.1. The van der Waals surface area contributed by atoms with Crippen LogP contribution in [0.4, 0.5) is 5.69 Å². The number of nitrogens with one attached hydrogen (secondary N) is 1. The van der Waals surface area contributed by atoms with Gasteiger partial charge in [-0.2, -0.15) is 0 Å². The second-order valence-corrected chi connectivity index (χ2v) is 6.00. The fourth-order valence-corrected chi connectivity index (χ4v) is 2.44. The van der Waals surface area contributed by atoms with E-state index in [0.29, 0.717) is 34.9 Å². The van der Waals surface area contributed by atoms with E-state index in [1.807, 2.05) is 6.92 Å². The van der Waals surface area contributed by atoms with Crippen molar-refractivity contribution in [2.75, 3.05) is 26.1 Å². The number of methoxy groups -OCH3 is 2. The standard InChI is InChI=1S/C22H25NO5/c1-4-5-13-28-22(25)17-7-6-8-18(14-17)23-21(24)12-9-16-15-19(26-2)10-11-20(16)27-3/h6-12,14-15H,4-5,13H2,1-3H3,(H,23,24)/b12-9+.